The van der Waals surface area contributed by atoms with Crippen molar-refractivity contribution in [1.29, 1.82) is 0 Å². The molecule has 0 spiro atoms. The highest BCUT2D eigenvalue weighted by atomic mass is 16.3. The predicted molar refractivity (Wildman–Crippen MR) is 64.6 cm³/mol. The van der Waals surface area contributed by atoms with Gasteiger partial charge in [-0.2, -0.15) is 0 Å². The van der Waals surface area contributed by atoms with E-state index in [1.807, 2.05) is 31.2 Å². The number of Topliss-reactive ketones (excluding diaryl/α,β-unsaturated/α-hetero) is 1. The highest BCUT2D eigenvalue weighted by molar-refractivity contribution is 6.07. The smallest absolute Gasteiger partial charge is 0.170 e. The molecule has 0 bridgehead atoms. The zero-order valence-corrected chi connectivity index (χ0v) is 9.32. The maximum absolute atomic E-state index is 12.0. The monoisotopic (exact) mass is 214 g/mol. The first-order valence-corrected chi connectivity index (χ1v) is 5.38. The van der Waals surface area contributed by atoms with Crippen molar-refractivity contribution in [2.24, 2.45) is 0 Å². The number of carbonyl (C=O) groups excluding carboxylic acids is 1. The van der Waals surface area contributed by atoms with E-state index >= 15 is 0 Å². The van der Waals surface area contributed by atoms with Gasteiger partial charge in [-0.1, -0.05) is 37.3 Å². The minimum Gasteiger partial charge on any atom is -0.464 e. The summed E-state index contributed by atoms with van der Waals surface area (Å²) in [5, 5.41) is 0.886. The number of fused-ring (bicyclic) bond motifs is 1. The van der Waals surface area contributed by atoms with Crippen LogP contribution >= 0.6 is 0 Å². The Morgan fingerprint density at radius 1 is 1.38 bits per heavy atom. The molecule has 1 aromatic carbocycles. The summed E-state index contributed by atoms with van der Waals surface area (Å²) in [6, 6.07) is 7.57. The molecule has 0 radical (unpaired) electrons. The van der Waals surface area contributed by atoms with Gasteiger partial charge in [0.15, 0.2) is 5.78 Å². The van der Waals surface area contributed by atoms with Gasteiger partial charge in [0.1, 0.15) is 11.8 Å². The van der Waals surface area contributed by atoms with E-state index in [4.69, 9.17) is 4.42 Å². The topological polar surface area (TPSA) is 30.2 Å². The molecule has 0 atom stereocenters. The summed E-state index contributed by atoms with van der Waals surface area (Å²) in [4.78, 5) is 12.0. The molecule has 2 heteroatoms. The Morgan fingerprint density at radius 3 is 2.88 bits per heavy atom. The Morgan fingerprint density at radius 2 is 2.12 bits per heavy atom. The van der Waals surface area contributed by atoms with Crippen LogP contribution in [0.2, 0.25) is 0 Å². The summed E-state index contributed by atoms with van der Waals surface area (Å²) in [5.41, 5.74) is 2.37. The lowest BCUT2D eigenvalue weighted by atomic mass is 10.0. The maximum atomic E-state index is 12.0. The van der Waals surface area contributed by atoms with Gasteiger partial charge in [-0.05, 0) is 12.5 Å². The van der Waals surface area contributed by atoms with Crippen LogP contribution in [0.1, 0.15) is 30.1 Å². The molecular formula is C14H14O2. The van der Waals surface area contributed by atoms with Crippen molar-refractivity contribution in [2.75, 3.05) is 0 Å². The Bertz CT molecular complexity index is 534. The van der Waals surface area contributed by atoms with Gasteiger partial charge < -0.3 is 4.42 Å². The predicted octanol–water partition coefficient (Wildman–Crippen LogP) is 3.97. The van der Waals surface area contributed by atoms with Gasteiger partial charge >= 0.3 is 0 Å². The van der Waals surface area contributed by atoms with Gasteiger partial charge in [0.05, 0.1) is 5.56 Å². The lowest BCUT2D eigenvalue weighted by molar-refractivity contribution is 0.0993. The molecule has 0 aliphatic heterocycles. The second kappa shape index (κ2) is 4.35. The minimum atomic E-state index is 0.0804. The number of rotatable bonds is 4. The van der Waals surface area contributed by atoms with Gasteiger partial charge in [-0.3, -0.25) is 4.79 Å². The molecule has 0 fully saturated rings. The third-order valence-electron chi connectivity index (χ3n) is 2.69. The molecule has 0 aliphatic rings. The summed E-state index contributed by atoms with van der Waals surface area (Å²) >= 11 is 0. The highest BCUT2D eigenvalue weighted by Gasteiger charge is 2.13. The molecule has 2 aromatic rings. The number of allylic oxidation sites excluding steroid dienone is 1. The van der Waals surface area contributed by atoms with E-state index in [-0.39, 0.29) is 5.78 Å². The first kappa shape index (κ1) is 10.7. The molecule has 1 aromatic heterocycles. The van der Waals surface area contributed by atoms with E-state index in [1.165, 1.54) is 6.26 Å². The number of hydrogen-bond acceptors (Lipinski definition) is 2. The fourth-order valence-corrected chi connectivity index (χ4v) is 1.64. The van der Waals surface area contributed by atoms with Gasteiger partial charge in [-0.25, -0.2) is 0 Å². The lowest BCUT2D eigenvalue weighted by Gasteiger charge is -1.99. The zero-order valence-electron chi connectivity index (χ0n) is 9.32. The van der Waals surface area contributed by atoms with E-state index in [9.17, 15) is 4.79 Å². The minimum absolute atomic E-state index is 0.0804. The van der Waals surface area contributed by atoms with Crippen LogP contribution in [0.3, 0.4) is 0 Å². The SMILES string of the molecule is C=C(CC)CC(=O)c1coc2ccccc12. The number of furan rings is 1. The first-order chi connectivity index (χ1) is 7.72. The van der Waals surface area contributed by atoms with Crippen molar-refractivity contribution >= 4 is 16.8 Å². The molecule has 82 valence electrons. The van der Waals surface area contributed by atoms with Crippen molar-refractivity contribution in [2.45, 2.75) is 19.8 Å². The largest absolute Gasteiger partial charge is 0.464 e. The number of hydrogen-bond donors (Lipinski definition) is 0. The van der Waals surface area contributed by atoms with E-state index in [0.29, 0.717) is 12.0 Å². The molecule has 0 unspecified atom stereocenters. The van der Waals surface area contributed by atoms with Crippen LogP contribution in [-0.2, 0) is 0 Å². The van der Waals surface area contributed by atoms with Crippen molar-refractivity contribution in [1.82, 2.24) is 0 Å². The molecule has 0 N–H and O–H groups in total. The van der Waals surface area contributed by atoms with Crippen LogP contribution in [0.15, 0.2) is 47.1 Å². The van der Waals surface area contributed by atoms with Gasteiger partial charge in [0.2, 0.25) is 0 Å². The third kappa shape index (κ3) is 1.91. The highest BCUT2D eigenvalue weighted by Crippen LogP contribution is 2.23. The number of carbonyl (C=O) groups is 1. The number of benzene rings is 1. The summed E-state index contributed by atoms with van der Waals surface area (Å²) in [6.07, 6.45) is 2.78. The van der Waals surface area contributed by atoms with Crippen LogP contribution < -0.4 is 0 Å². The second-order valence-corrected chi connectivity index (χ2v) is 3.85. The average molecular weight is 214 g/mol. The van der Waals surface area contributed by atoms with Crippen LogP contribution in [-0.4, -0.2) is 5.78 Å². The Labute approximate surface area is 94.6 Å². The van der Waals surface area contributed by atoms with Gasteiger partial charge in [0.25, 0.3) is 0 Å². The number of para-hydroxylation sites is 1. The summed E-state index contributed by atoms with van der Waals surface area (Å²) < 4.78 is 5.33. The second-order valence-electron chi connectivity index (χ2n) is 3.85. The molecule has 2 rings (SSSR count). The van der Waals surface area contributed by atoms with Crippen molar-refractivity contribution in [3.8, 4) is 0 Å². The molecule has 0 aliphatic carbocycles. The van der Waals surface area contributed by atoms with E-state index in [0.717, 1.165) is 23.0 Å². The Kier molecular flexibility index (Phi) is 2.91. The first-order valence-electron chi connectivity index (χ1n) is 5.38. The molecule has 0 saturated heterocycles. The summed E-state index contributed by atoms with van der Waals surface area (Å²) in [5.74, 6) is 0.0804. The fraction of sp³-hybridized carbons (Fsp3) is 0.214. The fourth-order valence-electron chi connectivity index (χ4n) is 1.64. The molecular weight excluding hydrogens is 200 g/mol. The van der Waals surface area contributed by atoms with Gasteiger partial charge in [-0.15, -0.1) is 0 Å². The maximum Gasteiger partial charge on any atom is 0.170 e. The van der Waals surface area contributed by atoms with Crippen LogP contribution in [0.5, 0.6) is 0 Å². The van der Waals surface area contributed by atoms with Crippen LogP contribution in [0.25, 0.3) is 11.0 Å². The van der Waals surface area contributed by atoms with Crippen molar-refractivity contribution in [3.63, 3.8) is 0 Å². The lowest BCUT2D eigenvalue weighted by Crippen LogP contribution is -1.98. The Hall–Kier alpha value is -1.83. The molecule has 0 saturated carbocycles. The van der Waals surface area contributed by atoms with E-state index in [2.05, 4.69) is 6.58 Å². The van der Waals surface area contributed by atoms with Crippen molar-refractivity contribution < 1.29 is 9.21 Å². The Balaban J connectivity index is 2.33. The number of ketones is 1. The standard InChI is InChI=1S/C14H14O2/c1-3-10(2)8-13(15)12-9-16-14-7-5-4-6-11(12)14/h4-7,9H,2-3,8H2,1H3. The van der Waals surface area contributed by atoms with Gasteiger partial charge in [0, 0.05) is 11.8 Å². The molecule has 2 nitrogen and oxygen atoms in total. The van der Waals surface area contributed by atoms with Crippen LogP contribution in [0.4, 0.5) is 0 Å². The van der Waals surface area contributed by atoms with Crippen LogP contribution in [0, 0.1) is 0 Å². The average Bonchev–Trinajstić information content (AvgIpc) is 2.72. The molecule has 0 amide bonds. The molecule has 1 heterocycles. The molecule has 16 heavy (non-hydrogen) atoms. The van der Waals surface area contributed by atoms with E-state index in [1.54, 1.807) is 0 Å². The zero-order chi connectivity index (χ0) is 11.5. The summed E-state index contributed by atoms with van der Waals surface area (Å²) in [6.45, 7) is 5.85. The third-order valence-corrected chi connectivity index (χ3v) is 2.69. The quantitative estimate of drug-likeness (QED) is 0.569. The normalized spacial score (nSPS) is 10.6. The summed E-state index contributed by atoms with van der Waals surface area (Å²) in [7, 11) is 0. The van der Waals surface area contributed by atoms with E-state index < -0.39 is 0 Å². The van der Waals surface area contributed by atoms with Crippen molar-refractivity contribution in [3.05, 3.63) is 48.2 Å².